The minimum absolute atomic E-state index is 1.12. The molecule has 0 saturated carbocycles. The van der Waals surface area contributed by atoms with Gasteiger partial charge < -0.3 is 0 Å². The monoisotopic (exact) mass is 663 g/mol. The molecule has 2 heteroatoms. The Morgan fingerprint density at radius 1 is 0.354 bits per heavy atom. The molecule has 0 saturated heterocycles. The standard InChI is InChI=1S/C46H82N2/c1-3-5-7-9-11-13-15-17-19-21-23-25-27-29-31-33-39-45-40-34-38-44-48(45)46-41-35-37-43-47(46)42-36-32-30-28-26-24-22-20-18-16-14-12-10-8-6-4-2/h34-35,37-38,40-41,43-44H,3-33,36,39,42H2,1-2H3/q+2. The Balaban J connectivity index is 1.51. The van der Waals surface area contributed by atoms with Crippen LogP contribution < -0.4 is 9.13 Å². The average Bonchev–Trinajstić information content (AvgIpc) is 3.11. The van der Waals surface area contributed by atoms with Crippen molar-refractivity contribution in [2.45, 2.75) is 232 Å². The first-order valence-corrected chi connectivity index (χ1v) is 21.8. The van der Waals surface area contributed by atoms with E-state index in [2.05, 4.69) is 71.8 Å². The van der Waals surface area contributed by atoms with Crippen LogP contribution in [-0.4, -0.2) is 0 Å². The maximum atomic E-state index is 2.49. The van der Waals surface area contributed by atoms with Crippen LogP contribution in [0.5, 0.6) is 0 Å². The highest BCUT2D eigenvalue weighted by Crippen LogP contribution is 2.16. The van der Waals surface area contributed by atoms with Gasteiger partial charge in [-0.15, -0.1) is 9.13 Å². The fourth-order valence-electron chi connectivity index (χ4n) is 7.47. The number of unbranched alkanes of at least 4 members (excludes halogenated alkanes) is 30. The van der Waals surface area contributed by atoms with Crippen molar-refractivity contribution in [1.82, 2.24) is 0 Å². The van der Waals surface area contributed by atoms with E-state index in [1.807, 2.05) is 0 Å². The Hall–Kier alpha value is -1.70. The van der Waals surface area contributed by atoms with Crippen molar-refractivity contribution < 1.29 is 9.13 Å². The van der Waals surface area contributed by atoms with Gasteiger partial charge in [0, 0.05) is 31.0 Å². The highest BCUT2D eigenvalue weighted by atomic mass is 15.1. The van der Waals surface area contributed by atoms with Crippen molar-refractivity contribution in [2.24, 2.45) is 0 Å². The van der Waals surface area contributed by atoms with Crippen LogP contribution in [-0.2, 0) is 13.0 Å². The molecule has 0 spiro atoms. The Morgan fingerprint density at radius 3 is 1.15 bits per heavy atom. The van der Waals surface area contributed by atoms with E-state index in [1.54, 1.807) is 0 Å². The lowest BCUT2D eigenvalue weighted by atomic mass is 10.0. The van der Waals surface area contributed by atoms with Gasteiger partial charge in [0.05, 0.1) is 6.07 Å². The molecule has 0 bridgehead atoms. The van der Waals surface area contributed by atoms with Gasteiger partial charge >= 0.3 is 5.82 Å². The summed E-state index contributed by atoms with van der Waals surface area (Å²) in [4.78, 5) is 0. The van der Waals surface area contributed by atoms with E-state index in [9.17, 15) is 0 Å². The third kappa shape index (κ3) is 22.8. The molecule has 0 aliphatic heterocycles. The number of pyridine rings is 2. The number of nitrogens with zero attached hydrogens (tertiary/aromatic N) is 2. The second-order valence-corrected chi connectivity index (χ2v) is 15.2. The molecular weight excluding hydrogens is 581 g/mol. The minimum Gasteiger partial charge on any atom is -0.143 e. The third-order valence-corrected chi connectivity index (χ3v) is 10.6. The number of hydrogen-bond donors (Lipinski definition) is 0. The van der Waals surface area contributed by atoms with Gasteiger partial charge in [-0.1, -0.05) is 206 Å². The zero-order chi connectivity index (χ0) is 34.0. The van der Waals surface area contributed by atoms with E-state index in [0.29, 0.717) is 0 Å². The number of hydrogen-bond acceptors (Lipinski definition) is 0. The van der Waals surface area contributed by atoms with Gasteiger partial charge in [0.1, 0.15) is 0 Å². The molecule has 2 rings (SSSR count). The lowest BCUT2D eigenvalue weighted by molar-refractivity contribution is -0.795. The molecule has 0 fully saturated rings. The van der Waals surface area contributed by atoms with E-state index in [0.717, 1.165) is 6.54 Å². The third-order valence-electron chi connectivity index (χ3n) is 10.6. The first-order valence-electron chi connectivity index (χ1n) is 21.8. The van der Waals surface area contributed by atoms with Crippen LogP contribution in [0.3, 0.4) is 0 Å². The predicted molar refractivity (Wildman–Crippen MR) is 211 cm³/mol. The second-order valence-electron chi connectivity index (χ2n) is 15.2. The van der Waals surface area contributed by atoms with Crippen molar-refractivity contribution in [1.29, 1.82) is 0 Å². The smallest absolute Gasteiger partial charge is 0.143 e. The van der Waals surface area contributed by atoms with Crippen LogP contribution in [0.4, 0.5) is 0 Å². The molecule has 0 amide bonds. The van der Waals surface area contributed by atoms with Gasteiger partial charge in [-0.05, 0) is 18.9 Å². The highest BCUT2D eigenvalue weighted by Gasteiger charge is 2.22. The summed E-state index contributed by atoms with van der Waals surface area (Å²) < 4.78 is 4.94. The first-order chi connectivity index (χ1) is 23.9. The molecule has 0 N–H and O–H groups in total. The van der Waals surface area contributed by atoms with Crippen LogP contribution in [0.1, 0.15) is 225 Å². The number of rotatable bonds is 35. The fraction of sp³-hybridized carbons (Fsp3) is 0.783. The van der Waals surface area contributed by atoms with Crippen LogP contribution in [0.2, 0.25) is 0 Å². The number of aromatic nitrogens is 2. The summed E-state index contributed by atoms with van der Waals surface area (Å²) in [5.74, 6) is 1.32. The molecule has 48 heavy (non-hydrogen) atoms. The Labute approximate surface area is 300 Å². The lowest BCUT2D eigenvalue weighted by Crippen LogP contribution is -2.50. The quantitative estimate of drug-likeness (QED) is 0.0512. The molecular formula is C46H82N2+2. The lowest BCUT2D eigenvalue weighted by Gasteiger charge is -2.05. The van der Waals surface area contributed by atoms with E-state index >= 15 is 0 Å². The van der Waals surface area contributed by atoms with Gasteiger partial charge in [-0.25, -0.2) is 0 Å². The minimum atomic E-state index is 1.12. The molecule has 0 aliphatic carbocycles. The Morgan fingerprint density at radius 2 is 0.708 bits per heavy atom. The summed E-state index contributed by atoms with van der Waals surface area (Å²) in [6.07, 6.45) is 51.4. The van der Waals surface area contributed by atoms with E-state index in [4.69, 9.17) is 0 Å². The summed E-state index contributed by atoms with van der Waals surface area (Å²) in [6.45, 7) is 5.73. The maximum Gasteiger partial charge on any atom is 0.449 e. The maximum absolute atomic E-state index is 2.49. The number of aryl methyl sites for hydroxylation is 2. The van der Waals surface area contributed by atoms with Crippen molar-refractivity contribution >= 4 is 0 Å². The zero-order valence-electron chi connectivity index (χ0n) is 32.6. The van der Waals surface area contributed by atoms with Gasteiger partial charge in [-0.3, -0.25) is 0 Å². The fourth-order valence-corrected chi connectivity index (χ4v) is 7.47. The van der Waals surface area contributed by atoms with Gasteiger partial charge in [0.2, 0.25) is 0 Å². The summed E-state index contributed by atoms with van der Waals surface area (Å²) in [5, 5.41) is 0. The molecule has 0 unspecified atom stereocenters. The second kappa shape index (κ2) is 32.5. The van der Waals surface area contributed by atoms with Crippen LogP contribution in [0, 0.1) is 0 Å². The normalized spacial score (nSPS) is 11.5. The van der Waals surface area contributed by atoms with E-state index in [-0.39, 0.29) is 0 Å². The van der Waals surface area contributed by atoms with E-state index < -0.39 is 0 Å². The molecule has 274 valence electrons. The van der Waals surface area contributed by atoms with Crippen molar-refractivity contribution in [3.8, 4) is 5.82 Å². The van der Waals surface area contributed by atoms with E-state index in [1.165, 1.54) is 223 Å². The summed E-state index contributed by atoms with van der Waals surface area (Å²) in [7, 11) is 0. The van der Waals surface area contributed by atoms with Gasteiger partial charge in [0.25, 0.3) is 0 Å². The SMILES string of the molecule is CCCCCCCCCCCCCCCCCCc1cccc[n+]1-c1cccc[n+]1CCCCCCCCCCCCCCCCCC. The molecule has 2 aromatic rings. The molecule has 0 radical (unpaired) electrons. The van der Waals surface area contributed by atoms with Gasteiger partial charge in [0.15, 0.2) is 24.6 Å². The van der Waals surface area contributed by atoms with Gasteiger partial charge in [-0.2, -0.15) is 0 Å². The summed E-state index contributed by atoms with van der Waals surface area (Å²) >= 11 is 0. The van der Waals surface area contributed by atoms with Crippen LogP contribution in [0.25, 0.3) is 5.82 Å². The largest absolute Gasteiger partial charge is 0.449 e. The first kappa shape index (κ1) is 42.5. The average molecular weight is 663 g/mol. The molecule has 0 aliphatic rings. The molecule has 0 atom stereocenters. The molecule has 0 aromatic carbocycles. The topological polar surface area (TPSA) is 7.76 Å². The highest BCUT2D eigenvalue weighted by molar-refractivity contribution is 5.07. The zero-order valence-corrected chi connectivity index (χ0v) is 32.6. The molecule has 2 heterocycles. The predicted octanol–water partition coefficient (Wildman–Crippen LogP) is 14.3. The van der Waals surface area contributed by atoms with Crippen LogP contribution in [0.15, 0.2) is 48.8 Å². The Kier molecular flexibility index (Phi) is 28.8. The van der Waals surface area contributed by atoms with Crippen molar-refractivity contribution in [2.75, 3.05) is 0 Å². The van der Waals surface area contributed by atoms with Crippen LogP contribution >= 0.6 is 0 Å². The Bertz CT molecular complexity index is 875. The van der Waals surface area contributed by atoms with Crippen molar-refractivity contribution in [3.63, 3.8) is 0 Å². The van der Waals surface area contributed by atoms with Crippen molar-refractivity contribution in [3.05, 3.63) is 54.5 Å². The summed E-state index contributed by atoms with van der Waals surface area (Å²) in [5.41, 5.74) is 1.45. The molecule has 2 aromatic heterocycles. The summed E-state index contributed by atoms with van der Waals surface area (Å²) in [6, 6.07) is 13.5. The molecule has 2 nitrogen and oxygen atoms in total.